The zero-order chi connectivity index (χ0) is 23.7. The molecule has 0 spiro atoms. The van der Waals surface area contributed by atoms with E-state index >= 15 is 0 Å². The molecule has 1 unspecified atom stereocenters. The first-order valence-electron chi connectivity index (χ1n) is 13.1. The van der Waals surface area contributed by atoms with Crippen molar-refractivity contribution in [3.05, 3.63) is 29.3 Å². The average Bonchev–Trinajstić information content (AvgIpc) is 2.75. The maximum atomic E-state index is 11.5. The molecule has 1 aromatic rings. The third kappa shape index (κ3) is 16.3. The van der Waals surface area contributed by atoms with E-state index in [1.54, 1.807) is 6.92 Å². The molecule has 1 rings (SSSR count). The van der Waals surface area contributed by atoms with Crippen molar-refractivity contribution in [1.29, 1.82) is 0 Å². The maximum absolute atomic E-state index is 11.5. The number of hydrogen-bond donors (Lipinski definition) is 0. The summed E-state index contributed by atoms with van der Waals surface area (Å²) < 4.78 is 40.1. The Kier molecular flexibility index (Phi) is 20.1. The van der Waals surface area contributed by atoms with Gasteiger partial charge in [-0.05, 0) is 55.4 Å². The van der Waals surface area contributed by atoms with Crippen LogP contribution in [0.4, 0.5) is 0 Å². The minimum atomic E-state index is -4.48. The van der Waals surface area contributed by atoms with Crippen molar-refractivity contribution in [1.82, 2.24) is 0 Å². The SMILES string of the molecule is CCCCCCCCCc1cc(CCCCCCCCC)cc(OC(CC)S(=O)(=O)[O-])c1.[Na+]. The van der Waals surface area contributed by atoms with Gasteiger partial charge in [-0.1, -0.05) is 104 Å². The third-order valence-electron chi connectivity index (χ3n) is 6.09. The van der Waals surface area contributed by atoms with Crippen LogP contribution in [0.15, 0.2) is 18.2 Å². The number of unbranched alkanes of at least 4 members (excludes halogenated alkanes) is 12. The molecular formula is C27H47NaO4S. The number of aryl methyl sites for hydroxylation is 2. The molecule has 6 heteroatoms. The van der Waals surface area contributed by atoms with Crippen LogP contribution in [0.3, 0.4) is 0 Å². The Labute approximate surface area is 226 Å². The molecule has 33 heavy (non-hydrogen) atoms. The van der Waals surface area contributed by atoms with Crippen molar-refractivity contribution in [2.24, 2.45) is 0 Å². The van der Waals surface area contributed by atoms with Gasteiger partial charge in [0.15, 0.2) is 5.44 Å². The van der Waals surface area contributed by atoms with Crippen LogP contribution >= 0.6 is 0 Å². The first-order chi connectivity index (χ1) is 15.4. The Morgan fingerprint density at radius 1 is 0.697 bits per heavy atom. The smallest absolute Gasteiger partial charge is 0.745 e. The van der Waals surface area contributed by atoms with Gasteiger partial charge in [0.25, 0.3) is 0 Å². The molecule has 0 aliphatic heterocycles. The summed E-state index contributed by atoms with van der Waals surface area (Å²) in [6.07, 6.45) is 19.8. The summed E-state index contributed by atoms with van der Waals surface area (Å²) in [5.41, 5.74) is 1.06. The molecule has 0 radical (unpaired) electrons. The van der Waals surface area contributed by atoms with Crippen molar-refractivity contribution in [2.75, 3.05) is 0 Å². The van der Waals surface area contributed by atoms with E-state index in [-0.39, 0.29) is 36.0 Å². The first-order valence-corrected chi connectivity index (χ1v) is 14.6. The summed E-state index contributed by atoms with van der Waals surface area (Å²) in [4.78, 5) is 0. The topological polar surface area (TPSA) is 66.4 Å². The van der Waals surface area contributed by atoms with Crippen LogP contribution in [0.25, 0.3) is 0 Å². The van der Waals surface area contributed by atoms with Crippen LogP contribution < -0.4 is 34.3 Å². The number of rotatable bonds is 20. The van der Waals surface area contributed by atoms with Gasteiger partial charge in [-0.3, -0.25) is 0 Å². The predicted molar refractivity (Wildman–Crippen MR) is 134 cm³/mol. The van der Waals surface area contributed by atoms with Crippen LogP contribution in [0, 0.1) is 0 Å². The van der Waals surface area contributed by atoms with Crippen LogP contribution in [0.1, 0.15) is 128 Å². The van der Waals surface area contributed by atoms with Crippen LogP contribution in [0.2, 0.25) is 0 Å². The summed E-state index contributed by atoms with van der Waals surface area (Å²) in [5, 5.41) is 0. The quantitative estimate of drug-likeness (QED) is 0.148. The van der Waals surface area contributed by atoms with Gasteiger partial charge in [0, 0.05) is 0 Å². The second-order valence-electron chi connectivity index (χ2n) is 9.18. The predicted octanol–water partition coefficient (Wildman–Crippen LogP) is 4.94. The second-order valence-corrected chi connectivity index (χ2v) is 10.7. The van der Waals surface area contributed by atoms with E-state index in [4.69, 9.17) is 4.74 Å². The third-order valence-corrected chi connectivity index (χ3v) is 7.16. The zero-order valence-electron chi connectivity index (χ0n) is 21.9. The molecule has 0 aliphatic rings. The van der Waals surface area contributed by atoms with E-state index in [2.05, 4.69) is 19.9 Å². The Bertz CT molecular complexity index is 670. The summed E-state index contributed by atoms with van der Waals surface area (Å²) >= 11 is 0. The van der Waals surface area contributed by atoms with Gasteiger partial charge < -0.3 is 9.29 Å². The van der Waals surface area contributed by atoms with E-state index < -0.39 is 15.6 Å². The summed E-state index contributed by atoms with van der Waals surface area (Å²) in [5.74, 6) is 0.523. The van der Waals surface area contributed by atoms with E-state index in [9.17, 15) is 13.0 Å². The first kappa shape index (κ1) is 32.9. The van der Waals surface area contributed by atoms with Gasteiger partial charge in [0.1, 0.15) is 15.9 Å². The number of hydrogen-bond acceptors (Lipinski definition) is 4. The van der Waals surface area contributed by atoms with E-state index in [1.165, 1.54) is 88.2 Å². The molecule has 0 saturated heterocycles. The molecule has 0 saturated carbocycles. The van der Waals surface area contributed by atoms with Gasteiger partial charge in [-0.25, -0.2) is 8.42 Å². The van der Waals surface area contributed by atoms with Gasteiger partial charge in [-0.15, -0.1) is 0 Å². The van der Waals surface area contributed by atoms with Crippen LogP contribution in [0.5, 0.6) is 5.75 Å². The molecule has 0 aliphatic carbocycles. The summed E-state index contributed by atoms with van der Waals surface area (Å²) in [6, 6.07) is 6.10. The van der Waals surface area contributed by atoms with Gasteiger partial charge in [-0.2, -0.15) is 0 Å². The van der Waals surface area contributed by atoms with Crippen LogP contribution in [-0.2, 0) is 23.0 Å². The summed E-state index contributed by atoms with van der Waals surface area (Å²) in [6.45, 7) is 6.14. The van der Waals surface area contributed by atoms with Gasteiger partial charge >= 0.3 is 29.6 Å². The van der Waals surface area contributed by atoms with Gasteiger partial charge in [0.2, 0.25) is 0 Å². The largest absolute Gasteiger partial charge is 1.00 e. The zero-order valence-corrected chi connectivity index (χ0v) is 24.7. The molecule has 0 aromatic heterocycles. The van der Waals surface area contributed by atoms with E-state index in [0.717, 1.165) is 25.7 Å². The molecule has 0 N–H and O–H groups in total. The van der Waals surface area contributed by atoms with Crippen molar-refractivity contribution < 1.29 is 47.3 Å². The molecule has 0 amide bonds. The molecule has 186 valence electrons. The van der Waals surface area contributed by atoms with Crippen molar-refractivity contribution in [3.63, 3.8) is 0 Å². The minimum absolute atomic E-state index is 0. The maximum Gasteiger partial charge on any atom is 1.00 e. The Balaban J connectivity index is 0.0000102. The molecule has 0 fully saturated rings. The van der Waals surface area contributed by atoms with Crippen molar-refractivity contribution in [2.45, 2.75) is 135 Å². The fourth-order valence-corrected chi connectivity index (χ4v) is 4.79. The monoisotopic (exact) mass is 490 g/mol. The molecule has 0 bridgehead atoms. The number of benzene rings is 1. The standard InChI is InChI=1S/C27H48O4S.Na/c1-4-7-9-11-13-15-17-19-24-21-25(20-18-16-14-12-10-8-5-2)23-26(22-24)31-27(6-3)32(28,29)30;/h21-23,27H,4-20H2,1-3H3,(H,28,29,30);/q;+1/p-1. The molecule has 1 atom stereocenters. The average molecular weight is 491 g/mol. The van der Waals surface area contributed by atoms with Crippen molar-refractivity contribution >= 4 is 10.1 Å². The Morgan fingerprint density at radius 2 is 1.09 bits per heavy atom. The van der Waals surface area contributed by atoms with Crippen LogP contribution in [-0.4, -0.2) is 18.4 Å². The molecule has 0 heterocycles. The molecular weight excluding hydrogens is 443 g/mol. The normalized spacial score (nSPS) is 12.4. The fourth-order valence-electron chi connectivity index (χ4n) is 4.16. The van der Waals surface area contributed by atoms with E-state index in [0.29, 0.717) is 5.75 Å². The van der Waals surface area contributed by atoms with Crippen molar-refractivity contribution in [3.8, 4) is 5.75 Å². The molecule has 1 aromatic carbocycles. The number of ether oxygens (including phenoxy) is 1. The summed E-state index contributed by atoms with van der Waals surface area (Å²) in [7, 11) is -4.48. The Morgan fingerprint density at radius 3 is 1.45 bits per heavy atom. The molecule has 4 nitrogen and oxygen atoms in total. The van der Waals surface area contributed by atoms with Gasteiger partial charge in [0.05, 0.1) is 0 Å². The fraction of sp³-hybridized carbons (Fsp3) is 0.778. The van der Waals surface area contributed by atoms with E-state index in [1.807, 2.05) is 12.1 Å². The minimum Gasteiger partial charge on any atom is -0.745 e. The second kappa shape index (κ2) is 20.2. The Hall–Kier alpha value is -0.0700.